The highest BCUT2D eigenvalue weighted by molar-refractivity contribution is 8.00. The summed E-state index contributed by atoms with van der Waals surface area (Å²) in [4.78, 5) is 11.9. The van der Waals surface area contributed by atoms with E-state index in [1.54, 1.807) is 20.4 Å². The SMILES string of the molecule is COc1cc(C2SCC(=O)Nc3[nH]ncc32)c(OC)c2c1OCO2. The molecule has 0 saturated heterocycles. The molecule has 1 atom stereocenters. The smallest absolute Gasteiger partial charge is 0.235 e. The number of ether oxygens (including phenoxy) is 4. The van der Waals surface area contributed by atoms with Crippen LogP contribution in [0.25, 0.3) is 0 Å². The summed E-state index contributed by atoms with van der Waals surface area (Å²) in [5, 5.41) is 9.51. The minimum absolute atomic E-state index is 0.0836. The molecule has 2 N–H and O–H groups in total. The maximum Gasteiger partial charge on any atom is 0.235 e. The van der Waals surface area contributed by atoms with E-state index in [1.165, 1.54) is 11.8 Å². The second-order valence-corrected chi connectivity index (χ2v) is 6.30. The van der Waals surface area contributed by atoms with Crippen molar-refractivity contribution in [2.24, 2.45) is 0 Å². The molecule has 1 unspecified atom stereocenters. The minimum Gasteiger partial charge on any atom is -0.493 e. The maximum atomic E-state index is 11.9. The van der Waals surface area contributed by atoms with E-state index >= 15 is 0 Å². The van der Waals surface area contributed by atoms with E-state index in [-0.39, 0.29) is 18.0 Å². The van der Waals surface area contributed by atoms with Crippen molar-refractivity contribution in [1.82, 2.24) is 10.2 Å². The number of fused-ring (bicyclic) bond motifs is 2. The van der Waals surface area contributed by atoms with Gasteiger partial charge in [-0.05, 0) is 6.07 Å². The van der Waals surface area contributed by atoms with Gasteiger partial charge in [0.1, 0.15) is 5.82 Å². The van der Waals surface area contributed by atoms with Crippen LogP contribution >= 0.6 is 11.8 Å². The third kappa shape index (κ3) is 2.23. The number of rotatable bonds is 3. The van der Waals surface area contributed by atoms with Crippen LogP contribution < -0.4 is 24.3 Å². The van der Waals surface area contributed by atoms with Gasteiger partial charge in [0.25, 0.3) is 0 Å². The van der Waals surface area contributed by atoms with Crippen molar-refractivity contribution in [3.8, 4) is 23.0 Å². The normalized spacial score (nSPS) is 18.6. The van der Waals surface area contributed by atoms with Crippen LogP contribution in [0.3, 0.4) is 0 Å². The van der Waals surface area contributed by atoms with Crippen LogP contribution in [-0.4, -0.2) is 42.9 Å². The minimum atomic E-state index is -0.170. The number of hydrogen-bond donors (Lipinski definition) is 2. The lowest BCUT2D eigenvalue weighted by Crippen LogP contribution is -2.12. The van der Waals surface area contributed by atoms with Gasteiger partial charge in [0.15, 0.2) is 11.5 Å². The second kappa shape index (κ2) is 5.82. The molecule has 9 heteroatoms. The Kier molecular flexibility index (Phi) is 3.64. The molecule has 24 heavy (non-hydrogen) atoms. The summed E-state index contributed by atoms with van der Waals surface area (Å²) in [6.45, 7) is 0.111. The van der Waals surface area contributed by atoms with Crippen molar-refractivity contribution < 1.29 is 23.7 Å². The Balaban J connectivity index is 1.89. The summed E-state index contributed by atoms with van der Waals surface area (Å²) >= 11 is 1.48. The fourth-order valence-corrected chi connectivity index (χ4v) is 3.97. The number of benzene rings is 1. The molecular weight excluding hydrogens is 334 g/mol. The molecule has 3 heterocycles. The monoisotopic (exact) mass is 349 g/mol. The molecule has 0 aliphatic carbocycles. The molecule has 2 aliphatic heterocycles. The van der Waals surface area contributed by atoms with E-state index in [1.807, 2.05) is 6.07 Å². The predicted molar refractivity (Wildman–Crippen MR) is 87.2 cm³/mol. The lowest BCUT2D eigenvalue weighted by atomic mass is 10.0. The Labute approximate surface area is 141 Å². The van der Waals surface area contributed by atoms with Crippen LogP contribution in [0, 0.1) is 0 Å². The van der Waals surface area contributed by atoms with Gasteiger partial charge in [0.2, 0.25) is 24.2 Å². The molecule has 1 aromatic carbocycles. The number of carbonyl (C=O) groups excluding carboxylic acids is 1. The third-order valence-electron chi connectivity index (χ3n) is 3.89. The van der Waals surface area contributed by atoms with Crippen LogP contribution in [0.15, 0.2) is 12.3 Å². The van der Waals surface area contributed by atoms with Crippen molar-refractivity contribution in [3.63, 3.8) is 0 Å². The first-order valence-corrected chi connectivity index (χ1v) is 8.27. The number of aromatic amines is 1. The average Bonchev–Trinajstić information content (AvgIpc) is 3.21. The van der Waals surface area contributed by atoms with E-state index in [9.17, 15) is 4.79 Å². The summed E-state index contributed by atoms with van der Waals surface area (Å²) in [5.74, 6) is 3.00. The Bertz CT molecular complexity index is 807. The molecule has 8 nitrogen and oxygen atoms in total. The highest BCUT2D eigenvalue weighted by atomic mass is 32.2. The van der Waals surface area contributed by atoms with Crippen molar-refractivity contribution in [2.45, 2.75) is 5.25 Å². The standard InChI is InChI=1S/C15H15N3O5S/c1-20-9-3-7(11(21-2)13-12(9)22-6-23-13)14-8-4-16-18-15(8)17-10(19)5-24-14/h3-4,14H,5-6H2,1-2H3,(H2,16,17,18,19). The highest BCUT2D eigenvalue weighted by Gasteiger charge is 2.34. The van der Waals surface area contributed by atoms with E-state index in [0.717, 1.165) is 11.1 Å². The molecule has 1 aromatic heterocycles. The largest absolute Gasteiger partial charge is 0.493 e. The number of nitrogens with one attached hydrogen (secondary N) is 2. The van der Waals surface area contributed by atoms with Crippen molar-refractivity contribution in [1.29, 1.82) is 0 Å². The van der Waals surface area contributed by atoms with Crippen LogP contribution in [0.2, 0.25) is 0 Å². The lowest BCUT2D eigenvalue weighted by Gasteiger charge is -2.19. The second-order valence-electron chi connectivity index (χ2n) is 5.21. The fraction of sp³-hybridized carbons (Fsp3) is 0.333. The Hall–Kier alpha value is -2.55. The summed E-state index contributed by atoms with van der Waals surface area (Å²) in [6, 6.07) is 1.86. The number of thioether (sulfide) groups is 1. The molecule has 2 aliphatic rings. The van der Waals surface area contributed by atoms with Gasteiger partial charge in [-0.25, -0.2) is 0 Å². The van der Waals surface area contributed by atoms with Crippen molar-refractivity contribution in [3.05, 3.63) is 23.4 Å². The Morgan fingerprint density at radius 3 is 2.88 bits per heavy atom. The van der Waals surface area contributed by atoms with Crippen LogP contribution in [0.5, 0.6) is 23.0 Å². The van der Waals surface area contributed by atoms with Crippen LogP contribution in [-0.2, 0) is 4.79 Å². The average molecular weight is 349 g/mol. The van der Waals surface area contributed by atoms with E-state index in [4.69, 9.17) is 18.9 Å². The number of H-pyrrole nitrogens is 1. The number of methoxy groups -OCH3 is 2. The summed E-state index contributed by atoms with van der Waals surface area (Å²) in [7, 11) is 3.15. The number of anilines is 1. The van der Waals surface area contributed by atoms with Crippen molar-refractivity contribution in [2.75, 3.05) is 32.1 Å². The molecule has 0 fully saturated rings. The number of nitrogens with zero attached hydrogens (tertiary/aromatic N) is 1. The first-order valence-electron chi connectivity index (χ1n) is 7.22. The molecule has 126 valence electrons. The van der Waals surface area contributed by atoms with Gasteiger partial charge in [-0.1, -0.05) is 0 Å². The van der Waals surface area contributed by atoms with Crippen LogP contribution in [0.4, 0.5) is 5.82 Å². The predicted octanol–water partition coefficient (Wildman–Crippen LogP) is 1.93. The van der Waals surface area contributed by atoms with E-state index in [0.29, 0.717) is 34.6 Å². The van der Waals surface area contributed by atoms with Gasteiger partial charge >= 0.3 is 0 Å². The molecule has 0 radical (unpaired) electrons. The first-order chi connectivity index (χ1) is 11.7. The zero-order valence-corrected chi connectivity index (χ0v) is 13.9. The fourth-order valence-electron chi connectivity index (χ4n) is 2.87. The van der Waals surface area contributed by atoms with Crippen LogP contribution in [0.1, 0.15) is 16.4 Å². The lowest BCUT2D eigenvalue weighted by molar-refractivity contribution is -0.113. The molecular formula is C15H15N3O5S. The number of hydrogen-bond acceptors (Lipinski definition) is 7. The Morgan fingerprint density at radius 2 is 2.08 bits per heavy atom. The zero-order valence-electron chi connectivity index (χ0n) is 13.0. The topological polar surface area (TPSA) is 94.7 Å². The van der Waals surface area contributed by atoms with Gasteiger partial charge in [0.05, 0.1) is 31.4 Å². The molecule has 0 spiro atoms. The molecule has 0 bridgehead atoms. The number of carbonyl (C=O) groups is 1. The maximum absolute atomic E-state index is 11.9. The summed E-state index contributed by atoms with van der Waals surface area (Å²) < 4.78 is 22.1. The van der Waals surface area contributed by atoms with Gasteiger partial charge in [-0.3, -0.25) is 9.89 Å². The summed E-state index contributed by atoms with van der Waals surface area (Å²) in [5.41, 5.74) is 1.70. The third-order valence-corrected chi connectivity index (χ3v) is 5.16. The quantitative estimate of drug-likeness (QED) is 0.874. The van der Waals surface area contributed by atoms with E-state index < -0.39 is 0 Å². The van der Waals surface area contributed by atoms with Gasteiger partial charge in [-0.15, -0.1) is 11.8 Å². The molecule has 4 rings (SSSR count). The zero-order chi connectivity index (χ0) is 16.7. The molecule has 2 aromatic rings. The molecule has 0 saturated carbocycles. The number of aromatic nitrogens is 2. The van der Waals surface area contributed by atoms with Gasteiger partial charge < -0.3 is 24.3 Å². The van der Waals surface area contributed by atoms with E-state index in [2.05, 4.69) is 15.5 Å². The van der Waals surface area contributed by atoms with Crippen molar-refractivity contribution >= 4 is 23.5 Å². The first kappa shape index (κ1) is 15.0. The highest BCUT2D eigenvalue weighted by Crippen LogP contribution is 2.54. The van der Waals surface area contributed by atoms with Gasteiger partial charge in [0, 0.05) is 11.1 Å². The molecule has 1 amide bonds. The number of amides is 1. The summed E-state index contributed by atoms with van der Waals surface area (Å²) in [6.07, 6.45) is 1.70. The van der Waals surface area contributed by atoms with Gasteiger partial charge in [-0.2, -0.15) is 5.10 Å². The Morgan fingerprint density at radius 1 is 1.25 bits per heavy atom.